The quantitative estimate of drug-likeness (QED) is 0.650. The fraction of sp³-hybridized carbons (Fsp3) is 0.105. The van der Waals surface area contributed by atoms with E-state index in [1.165, 1.54) is 18.4 Å². The largest absolute Gasteiger partial charge is 0.495 e. The second-order valence-electron chi connectivity index (χ2n) is 5.67. The van der Waals surface area contributed by atoms with Crippen LogP contribution in [0.25, 0.3) is 0 Å². The smallest absolute Gasteiger partial charge is 0.271 e. The van der Waals surface area contributed by atoms with Crippen LogP contribution in [0.3, 0.4) is 0 Å². The molecule has 8 heteroatoms. The zero-order valence-electron chi connectivity index (χ0n) is 14.7. The van der Waals surface area contributed by atoms with Crippen molar-refractivity contribution in [1.29, 1.82) is 0 Å². The van der Waals surface area contributed by atoms with Gasteiger partial charge < -0.3 is 10.1 Å². The number of sulfonamides is 1. The number of hydrogen-bond donors (Lipinski definition) is 2. The molecule has 0 aliphatic rings. The molecule has 0 bridgehead atoms. The van der Waals surface area contributed by atoms with Crippen LogP contribution < -0.4 is 14.8 Å². The number of nitrogens with one attached hydrogen (secondary N) is 2. The number of aryl methyl sites for hydroxylation is 1. The molecule has 0 radical (unpaired) electrons. The van der Waals surface area contributed by atoms with Gasteiger partial charge in [-0.05, 0) is 43.3 Å². The third-order valence-electron chi connectivity index (χ3n) is 3.75. The van der Waals surface area contributed by atoms with Crippen molar-refractivity contribution in [1.82, 2.24) is 0 Å². The Morgan fingerprint density at radius 1 is 0.963 bits per heavy atom. The highest BCUT2D eigenvalue weighted by Crippen LogP contribution is 2.27. The van der Waals surface area contributed by atoms with Gasteiger partial charge in [0.05, 0.1) is 24.0 Å². The van der Waals surface area contributed by atoms with Crippen molar-refractivity contribution in [2.75, 3.05) is 17.1 Å². The zero-order valence-corrected chi connectivity index (χ0v) is 16.4. The van der Waals surface area contributed by atoms with Crippen molar-refractivity contribution < 1.29 is 17.9 Å². The third kappa shape index (κ3) is 4.29. The second-order valence-corrected chi connectivity index (χ2v) is 8.87. The average Bonchev–Trinajstić information content (AvgIpc) is 3.10. The second kappa shape index (κ2) is 7.81. The number of carbonyl (C=O) groups is 1. The van der Waals surface area contributed by atoms with Gasteiger partial charge in [-0.3, -0.25) is 9.52 Å². The molecule has 2 aromatic carbocycles. The molecule has 0 fully saturated rings. The number of methoxy groups -OCH3 is 1. The number of anilines is 2. The highest BCUT2D eigenvalue weighted by molar-refractivity contribution is 7.94. The van der Waals surface area contributed by atoms with E-state index in [4.69, 9.17) is 4.74 Å². The molecule has 0 saturated heterocycles. The molecule has 2 N–H and O–H groups in total. The summed E-state index contributed by atoms with van der Waals surface area (Å²) in [5.74, 6) is 0.0677. The molecule has 0 unspecified atom stereocenters. The first kappa shape index (κ1) is 18.9. The van der Waals surface area contributed by atoms with Crippen LogP contribution in [0.1, 0.15) is 15.2 Å². The van der Waals surface area contributed by atoms with Crippen LogP contribution in [0.2, 0.25) is 0 Å². The molecule has 27 heavy (non-hydrogen) atoms. The van der Waals surface area contributed by atoms with Crippen molar-refractivity contribution >= 4 is 38.6 Å². The van der Waals surface area contributed by atoms with Crippen LogP contribution in [0.15, 0.2) is 64.9 Å². The predicted molar refractivity (Wildman–Crippen MR) is 107 cm³/mol. The monoisotopic (exact) mass is 402 g/mol. The number of para-hydroxylation sites is 3. The minimum atomic E-state index is -3.77. The molecule has 1 heterocycles. The van der Waals surface area contributed by atoms with Gasteiger partial charge in [-0.25, -0.2) is 8.42 Å². The first-order chi connectivity index (χ1) is 12.9. The van der Waals surface area contributed by atoms with Gasteiger partial charge in [0.15, 0.2) is 0 Å². The lowest BCUT2D eigenvalue weighted by molar-refractivity contribution is 0.102. The van der Waals surface area contributed by atoms with Gasteiger partial charge >= 0.3 is 0 Å². The molecule has 1 amide bonds. The summed E-state index contributed by atoms with van der Waals surface area (Å²) < 4.78 is 33.1. The van der Waals surface area contributed by atoms with E-state index in [2.05, 4.69) is 10.0 Å². The Labute approximate surface area is 161 Å². The topological polar surface area (TPSA) is 84.5 Å². The van der Waals surface area contributed by atoms with Crippen LogP contribution in [0, 0.1) is 6.92 Å². The standard InChI is InChI=1S/C19H18N2O4S2/c1-13-11-12-18(26-13)27(23,24)21-15-8-4-3-7-14(15)19(22)20-16-9-5-6-10-17(16)25-2/h3-12,21H,1-2H3,(H,20,22). The summed E-state index contributed by atoms with van der Waals surface area (Å²) in [4.78, 5) is 13.6. The minimum absolute atomic E-state index is 0.194. The fourth-order valence-corrected chi connectivity index (χ4v) is 4.82. The molecule has 0 aliphatic heterocycles. The van der Waals surface area contributed by atoms with Crippen LogP contribution in [0.5, 0.6) is 5.75 Å². The molecular weight excluding hydrogens is 384 g/mol. The van der Waals surface area contributed by atoms with Gasteiger partial charge in [-0.1, -0.05) is 24.3 Å². The summed E-state index contributed by atoms with van der Waals surface area (Å²) in [5, 5.41) is 2.75. The highest BCUT2D eigenvalue weighted by Gasteiger charge is 2.20. The first-order valence-electron chi connectivity index (χ1n) is 8.03. The lowest BCUT2D eigenvalue weighted by atomic mass is 10.1. The molecule has 3 aromatic rings. The molecular formula is C19H18N2O4S2. The first-order valence-corrected chi connectivity index (χ1v) is 10.3. The van der Waals surface area contributed by atoms with Gasteiger partial charge in [-0.2, -0.15) is 0 Å². The Morgan fingerprint density at radius 3 is 2.30 bits per heavy atom. The van der Waals surface area contributed by atoms with Crippen molar-refractivity contribution in [3.63, 3.8) is 0 Å². The Hall–Kier alpha value is -2.84. The SMILES string of the molecule is COc1ccccc1NC(=O)c1ccccc1NS(=O)(=O)c1ccc(C)s1. The number of hydrogen-bond acceptors (Lipinski definition) is 5. The van der Waals surface area contributed by atoms with Crippen LogP contribution in [0.4, 0.5) is 11.4 Å². The minimum Gasteiger partial charge on any atom is -0.495 e. The summed E-state index contributed by atoms with van der Waals surface area (Å²) in [6, 6.07) is 16.7. The van der Waals surface area contributed by atoms with E-state index in [1.54, 1.807) is 60.7 Å². The van der Waals surface area contributed by atoms with Gasteiger partial charge in [-0.15, -0.1) is 11.3 Å². The average molecular weight is 402 g/mol. The van der Waals surface area contributed by atoms with Crippen molar-refractivity contribution in [3.8, 4) is 5.75 Å². The number of ether oxygens (including phenoxy) is 1. The number of carbonyl (C=O) groups excluding carboxylic acids is 1. The Balaban J connectivity index is 1.89. The normalized spacial score (nSPS) is 11.0. The predicted octanol–water partition coefficient (Wildman–Crippen LogP) is 4.12. The molecule has 0 spiro atoms. The molecule has 3 rings (SSSR count). The number of amides is 1. The van der Waals surface area contributed by atoms with Gasteiger partial charge in [0.25, 0.3) is 15.9 Å². The maximum Gasteiger partial charge on any atom is 0.271 e. The Kier molecular flexibility index (Phi) is 5.48. The van der Waals surface area contributed by atoms with Gasteiger partial charge in [0.1, 0.15) is 9.96 Å². The Bertz CT molecular complexity index is 1070. The number of thiophene rings is 1. The maximum atomic E-state index is 12.7. The Morgan fingerprint density at radius 2 is 1.63 bits per heavy atom. The van der Waals surface area contributed by atoms with E-state index in [1.807, 2.05) is 6.92 Å². The van der Waals surface area contributed by atoms with Crippen LogP contribution >= 0.6 is 11.3 Å². The zero-order chi connectivity index (χ0) is 19.4. The molecule has 0 aliphatic carbocycles. The number of benzene rings is 2. The molecule has 0 saturated carbocycles. The maximum absolute atomic E-state index is 12.7. The van der Waals surface area contributed by atoms with Crippen molar-refractivity contribution in [2.45, 2.75) is 11.1 Å². The summed E-state index contributed by atoms with van der Waals surface area (Å²) in [6.07, 6.45) is 0. The van der Waals surface area contributed by atoms with Gasteiger partial charge in [0.2, 0.25) is 0 Å². The van der Waals surface area contributed by atoms with Crippen molar-refractivity contribution in [2.24, 2.45) is 0 Å². The van der Waals surface area contributed by atoms with Crippen LogP contribution in [-0.2, 0) is 10.0 Å². The fourth-order valence-electron chi connectivity index (χ4n) is 2.46. The lowest BCUT2D eigenvalue weighted by Crippen LogP contribution is -2.18. The van der Waals surface area contributed by atoms with E-state index >= 15 is 0 Å². The molecule has 1 aromatic heterocycles. The van der Waals surface area contributed by atoms with E-state index in [0.717, 1.165) is 4.88 Å². The lowest BCUT2D eigenvalue weighted by Gasteiger charge is -2.13. The molecule has 6 nitrogen and oxygen atoms in total. The number of rotatable bonds is 6. The van der Waals surface area contributed by atoms with Gasteiger partial charge in [0, 0.05) is 4.88 Å². The highest BCUT2D eigenvalue weighted by atomic mass is 32.2. The summed E-state index contributed by atoms with van der Waals surface area (Å²) >= 11 is 1.17. The molecule has 0 atom stereocenters. The van der Waals surface area contributed by atoms with E-state index in [-0.39, 0.29) is 15.5 Å². The molecule has 140 valence electrons. The summed E-state index contributed by atoms with van der Waals surface area (Å²) in [7, 11) is -2.26. The van der Waals surface area contributed by atoms with Crippen LogP contribution in [-0.4, -0.2) is 21.4 Å². The van der Waals surface area contributed by atoms with E-state index < -0.39 is 15.9 Å². The third-order valence-corrected chi connectivity index (χ3v) is 6.61. The summed E-state index contributed by atoms with van der Waals surface area (Å²) in [6.45, 7) is 1.83. The van der Waals surface area contributed by atoms with Crippen molar-refractivity contribution in [3.05, 3.63) is 71.1 Å². The summed E-state index contributed by atoms with van der Waals surface area (Å²) in [5.41, 5.74) is 0.910. The van der Waals surface area contributed by atoms with E-state index in [9.17, 15) is 13.2 Å². The van der Waals surface area contributed by atoms with E-state index in [0.29, 0.717) is 11.4 Å².